The fourth-order valence-electron chi connectivity index (χ4n) is 5.44. The molecule has 210 valence electrons. The molecule has 0 unspecified atom stereocenters. The lowest BCUT2D eigenvalue weighted by Crippen LogP contribution is -2.54. The molecule has 0 aliphatic carbocycles. The maximum atomic E-state index is 13.8. The van der Waals surface area contributed by atoms with Gasteiger partial charge in [-0.25, -0.2) is 8.42 Å². The van der Waals surface area contributed by atoms with Crippen molar-refractivity contribution in [2.75, 3.05) is 30.5 Å². The second-order valence-corrected chi connectivity index (χ2v) is 12.1. The molecule has 2 aliphatic rings. The van der Waals surface area contributed by atoms with Gasteiger partial charge < -0.3 is 20.9 Å². The highest BCUT2D eigenvalue weighted by Crippen LogP contribution is 2.27. The molecule has 2 heterocycles. The molecule has 2 atom stereocenters. The topological polar surface area (TPSA) is 140 Å². The summed E-state index contributed by atoms with van der Waals surface area (Å²) in [7, 11) is -3.92. The van der Waals surface area contributed by atoms with E-state index in [1.807, 2.05) is 11.0 Å². The van der Waals surface area contributed by atoms with Gasteiger partial charge >= 0.3 is 0 Å². The number of anilines is 1. The summed E-state index contributed by atoms with van der Waals surface area (Å²) < 4.78 is 28.5. The number of para-hydroxylation sites is 1. The van der Waals surface area contributed by atoms with E-state index in [0.717, 1.165) is 12.8 Å². The molecule has 2 aliphatic heterocycles. The predicted molar refractivity (Wildman–Crippen MR) is 151 cm³/mol. The minimum Gasteiger partial charge on any atom is -0.370 e. The normalized spacial score (nSPS) is 18.9. The number of benzene rings is 2. The number of nitrogens with zero attached hydrogens (tertiary/aromatic N) is 3. The van der Waals surface area contributed by atoms with Crippen LogP contribution in [0.1, 0.15) is 38.2 Å². The van der Waals surface area contributed by atoms with Crippen molar-refractivity contribution in [2.24, 2.45) is 11.7 Å². The van der Waals surface area contributed by atoms with Crippen molar-refractivity contribution in [2.45, 2.75) is 50.4 Å². The first-order valence-electron chi connectivity index (χ1n) is 13.5. The second kappa shape index (κ2) is 12.5. The van der Waals surface area contributed by atoms with Crippen LogP contribution in [-0.2, 0) is 25.4 Å². The molecular formula is C28H38N6O4S. The zero-order chi connectivity index (χ0) is 28.0. The minimum absolute atomic E-state index is 0.0713. The average molecular weight is 555 g/mol. The van der Waals surface area contributed by atoms with Crippen LogP contribution in [0.15, 0.2) is 60.7 Å². The van der Waals surface area contributed by atoms with Crippen LogP contribution in [0.3, 0.4) is 0 Å². The molecule has 10 nitrogen and oxygen atoms in total. The van der Waals surface area contributed by atoms with Crippen molar-refractivity contribution >= 4 is 33.5 Å². The molecule has 4 N–H and O–H groups in total. The van der Waals surface area contributed by atoms with Crippen LogP contribution in [0.2, 0.25) is 0 Å². The number of amides is 2. The molecule has 2 saturated heterocycles. The van der Waals surface area contributed by atoms with Gasteiger partial charge in [0.15, 0.2) is 5.96 Å². The first-order valence-corrected chi connectivity index (χ1v) is 15.1. The summed E-state index contributed by atoms with van der Waals surface area (Å²) in [6, 6.07) is 15.9. The van der Waals surface area contributed by atoms with E-state index in [1.165, 1.54) is 9.21 Å². The van der Waals surface area contributed by atoms with E-state index in [1.54, 1.807) is 61.5 Å². The van der Waals surface area contributed by atoms with Gasteiger partial charge in [-0.15, -0.1) is 0 Å². The number of carbonyl (C=O) groups excluding carboxylic acids is 2. The van der Waals surface area contributed by atoms with Crippen molar-refractivity contribution in [3.63, 3.8) is 0 Å². The highest BCUT2D eigenvalue weighted by molar-refractivity contribution is 7.92. The molecule has 4 rings (SSSR count). The number of piperidine rings is 1. The average Bonchev–Trinajstić information content (AvgIpc) is 3.42. The van der Waals surface area contributed by atoms with E-state index < -0.39 is 22.1 Å². The Morgan fingerprint density at radius 3 is 2.26 bits per heavy atom. The summed E-state index contributed by atoms with van der Waals surface area (Å²) in [4.78, 5) is 30.3. The van der Waals surface area contributed by atoms with Crippen molar-refractivity contribution < 1.29 is 18.0 Å². The smallest absolute Gasteiger partial charge is 0.246 e. The summed E-state index contributed by atoms with van der Waals surface area (Å²) in [6.07, 6.45) is 2.87. The molecule has 0 spiro atoms. The number of guanidine groups is 1. The Morgan fingerprint density at radius 2 is 1.64 bits per heavy atom. The zero-order valence-electron chi connectivity index (χ0n) is 22.3. The van der Waals surface area contributed by atoms with Gasteiger partial charge in [-0.05, 0) is 56.2 Å². The van der Waals surface area contributed by atoms with Crippen molar-refractivity contribution in [1.82, 2.24) is 15.1 Å². The standard InChI is InChI=1S/C28H38N6O4S/c1-21(34(24-11-6-3-7-12-24)39(37,38)20-23-9-4-2-5-10-23)27(36)33-16-8-13-25(33)26(35)31-19-22-14-17-32(18-15-22)28(29)30/h2-7,9-12,21-22,25H,8,13-20H2,1H3,(H3,29,30)(H,31,35)/t21-,25-/m0/s1. The van der Waals surface area contributed by atoms with Gasteiger partial charge in [0.05, 0.1) is 11.4 Å². The largest absolute Gasteiger partial charge is 0.370 e. The highest BCUT2D eigenvalue weighted by atomic mass is 32.2. The van der Waals surface area contributed by atoms with Gasteiger partial charge in [-0.2, -0.15) is 0 Å². The molecule has 2 fully saturated rings. The lowest BCUT2D eigenvalue weighted by molar-refractivity contribution is -0.139. The molecule has 11 heteroatoms. The van der Waals surface area contributed by atoms with E-state index in [-0.39, 0.29) is 29.4 Å². The van der Waals surface area contributed by atoms with Gasteiger partial charge in [0.2, 0.25) is 21.8 Å². The molecule has 2 aromatic rings. The maximum Gasteiger partial charge on any atom is 0.246 e. The molecule has 0 aromatic heterocycles. The number of rotatable bonds is 9. The Labute approximate surface area is 230 Å². The predicted octanol–water partition coefficient (Wildman–Crippen LogP) is 2.12. The van der Waals surface area contributed by atoms with Crippen LogP contribution in [0.4, 0.5) is 5.69 Å². The number of carbonyl (C=O) groups is 2. The SMILES string of the molecule is C[C@@H](C(=O)N1CCC[C@H]1C(=O)NCC1CCN(C(=N)N)CC1)N(c1ccccc1)S(=O)(=O)Cc1ccccc1. The first-order chi connectivity index (χ1) is 18.7. The molecule has 0 radical (unpaired) electrons. The molecule has 0 bridgehead atoms. The van der Waals surface area contributed by atoms with E-state index >= 15 is 0 Å². The molecular weight excluding hydrogens is 516 g/mol. The summed E-state index contributed by atoms with van der Waals surface area (Å²) >= 11 is 0. The Kier molecular flexibility index (Phi) is 9.11. The number of hydrogen-bond donors (Lipinski definition) is 3. The van der Waals surface area contributed by atoms with E-state index in [9.17, 15) is 18.0 Å². The molecule has 2 aromatic carbocycles. The van der Waals surface area contributed by atoms with Crippen LogP contribution in [0, 0.1) is 11.3 Å². The van der Waals surface area contributed by atoms with Crippen LogP contribution in [-0.4, -0.2) is 74.3 Å². The van der Waals surface area contributed by atoms with Crippen molar-refractivity contribution in [3.8, 4) is 0 Å². The van der Waals surface area contributed by atoms with Crippen molar-refractivity contribution in [1.29, 1.82) is 5.41 Å². The fourth-order valence-corrected chi connectivity index (χ4v) is 7.21. The summed E-state index contributed by atoms with van der Waals surface area (Å²) in [5.41, 5.74) is 6.61. The third-order valence-electron chi connectivity index (χ3n) is 7.57. The van der Waals surface area contributed by atoms with Crippen LogP contribution in [0.5, 0.6) is 0 Å². The van der Waals surface area contributed by atoms with Gasteiger partial charge in [-0.1, -0.05) is 48.5 Å². The van der Waals surface area contributed by atoms with Gasteiger partial charge in [0, 0.05) is 26.2 Å². The Morgan fingerprint density at radius 1 is 1.03 bits per heavy atom. The molecule has 39 heavy (non-hydrogen) atoms. The molecule has 0 saturated carbocycles. The monoisotopic (exact) mass is 554 g/mol. The van der Waals surface area contributed by atoms with E-state index in [0.29, 0.717) is 50.3 Å². The van der Waals surface area contributed by atoms with Crippen LogP contribution in [0.25, 0.3) is 0 Å². The Bertz CT molecular complexity index is 1250. The highest BCUT2D eigenvalue weighted by Gasteiger charge is 2.40. The number of likely N-dealkylation sites (tertiary alicyclic amines) is 2. The summed E-state index contributed by atoms with van der Waals surface area (Å²) in [5, 5.41) is 10.6. The zero-order valence-corrected chi connectivity index (χ0v) is 23.1. The first kappa shape index (κ1) is 28.4. The second-order valence-electron chi connectivity index (χ2n) is 10.3. The lowest BCUT2D eigenvalue weighted by atomic mass is 9.97. The van der Waals surface area contributed by atoms with Crippen LogP contribution < -0.4 is 15.4 Å². The quantitative estimate of drug-likeness (QED) is 0.321. The number of nitrogens with two attached hydrogens (primary N) is 1. The number of nitrogens with one attached hydrogen (secondary N) is 2. The van der Waals surface area contributed by atoms with E-state index in [4.69, 9.17) is 11.1 Å². The van der Waals surface area contributed by atoms with Gasteiger partial charge in [0.25, 0.3) is 0 Å². The summed E-state index contributed by atoms with van der Waals surface area (Å²) in [5.74, 6) is -0.483. The Hall–Kier alpha value is -3.60. The minimum atomic E-state index is -3.92. The maximum absolute atomic E-state index is 13.8. The number of sulfonamides is 1. The van der Waals surface area contributed by atoms with E-state index in [2.05, 4.69) is 5.32 Å². The van der Waals surface area contributed by atoms with Gasteiger partial charge in [-0.3, -0.25) is 19.3 Å². The van der Waals surface area contributed by atoms with Gasteiger partial charge in [0.1, 0.15) is 12.1 Å². The summed E-state index contributed by atoms with van der Waals surface area (Å²) in [6.45, 7) is 3.87. The third kappa shape index (κ3) is 6.89. The molecule has 2 amide bonds. The lowest BCUT2D eigenvalue weighted by Gasteiger charge is -2.34. The fraction of sp³-hybridized carbons (Fsp3) is 0.464. The number of hydrogen-bond acceptors (Lipinski definition) is 5. The third-order valence-corrected chi connectivity index (χ3v) is 9.39. The Balaban J connectivity index is 1.45. The van der Waals surface area contributed by atoms with Crippen LogP contribution >= 0.6 is 0 Å². The van der Waals surface area contributed by atoms with Crippen molar-refractivity contribution in [3.05, 3.63) is 66.2 Å².